The molecule has 1 fully saturated rings. The monoisotopic (exact) mass is 344 g/mol. The van der Waals surface area contributed by atoms with Crippen molar-refractivity contribution in [2.24, 2.45) is 5.92 Å². The van der Waals surface area contributed by atoms with Gasteiger partial charge in [-0.15, -0.1) is 0 Å². The van der Waals surface area contributed by atoms with E-state index in [1.165, 1.54) is 6.33 Å². The van der Waals surface area contributed by atoms with E-state index in [0.717, 1.165) is 0 Å². The average molecular weight is 344 g/mol. The number of aromatic nitrogens is 2. The summed E-state index contributed by atoms with van der Waals surface area (Å²) < 4.78 is 40.1. The van der Waals surface area contributed by atoms with Crippen molar-refractivity contribution in [1.29, 1.82) is 0 Å². The minimum atomic E-state index is -3.19. The highest BCUT2D eigenvalue weighted by atomic mass is 32.2. The second-order valence-electron chi connectivity index (χ2n) is 6.33. The number of anilines is 1. The van der Waals surface area contributed by atoms with Crippen LogP contribution in [0.3, 0.4) is 0 Å². The number of aryl methyl sites for hydroxylation is 1. The Labute approximate surface area is 137 Å². The van der Waals surface area contributed by atoms with E-state index in [2.05, 4.69) is 15.3 Å². The van der Waals surface area contributed by atoms with Crippen LogP contribution in [0.2, 0.25) is 0 Å². The highest BCUT2D eigenvalue weighted by Crippen LogP contribution is 2.21. The molecule has 0 amide bonds. The molecule has 8 heteroatoms. The lowest BCUT2D eigenvalue weighted by Gasteiger charge is -2.32. The maximum absolute atomic E-state index is 14.1. The Morgan fingerprint density at radius 3 is 2.57 bits per heavy atom. The second-order valence-corrected chi connectivity index (χ2v) is 8.34. The van der Waals surface area contributed by atoms with Gasteiger partial charge in [-0.1, -0.05) is 20.8 Å². The Kier molecular flexibility index (Phi) is 5.91. The molecule has 0 spiro atoms. The predicted octanol–water partition coefficient (Wildman–Crippen LogP) is 2.04. The van der Waals surface area contributed by atoms with Crippen molar-refractivity contribution in [2.75, 3.05) is 24.2 Å². The lowest BCUT2D eigenvalue weighted by Crippen LogP contribution is -2.44. The van der Waals surface area contributed by atoms with Crippen molar-refractivity contribution >= 4 is 15.8 Å². The summed E-state index contributed by atoms with van der Waals surface area (Å²) in [6.07, 6.45) is 3.14. The topological polar surface area (TPSA) is 75.2 Å². The molecule has 1 aliphatic rings. The van der Waals surface area contributed by atoms with Gasteiger partial charge in [0.05, 0.1) is 11.4 Å². The van der Waals surface area contributed by atoms with Crippen LogP contribution in [0.5, 0.6) is 0 Å². The fourth-order valence-corrected chi connectivity index (χ4v) is 4.57. The fraction of sp³-hybridized carbons (Fsp3) is 0.733. The van der Waals surface area contributed by atoms with Crippen LogP contribution < -0.4 is 5.32 Å². The molecule has 23 heavy (non-hydrogen) atoms. The van der Waals surface area contributed by atoms with E-state index in [0.29, 0.717) is 38.0 Å². The molecule has 0 aliphatic carbocycles. The molecule has 0 unspecified atom stereocenters. The summed E-state index contributed by atoms with van der Waals surface area (Å²) in [7, 11) is -3.19. The first-order chi connectivity index (χ1) is 10.8. The SMILES string of the molecule is CCc1ncnc(NC2CCN(S(=O)(=O)CC(C)C)CC2)c1F. The van der Waals surface area contributed by atoms with E-state index in [1.807, 2.05) is 20.8 Å². The highest BCUT2D eigenvalue weighted by molar-refractivity contribution is 7.89. The van der Waals surface area contributed by atoms with Gasteiger partial charge in [0.25, 0.3) is 0 Å². The van der Waals surface area contributed by atoms with Gasteiger partial charge in [0.15, 0.2) is 11.6 Å². The first-order valence-electron chi connectivity index (χ1n) is 8.07. The molecule has 0 bridgehead atoms. The van der Waals surface area contributed by atoms with Gasteiger partial charge < -0.3 is 5.32 Å². The van der Waals surface area contributed by atoms with Crippen LogP contribution in [0.4, 0.5) is 10.2 Å². The molecule has 1 aromatic heterocycles. The van der Waals surface area contributed by atoms with Gasteiger partial charge in [0.1, 0.15) is 6.33 Å². The van der Waals surface area contributed by atoms with Crippen molar-refractivity contribution in [3.63, 3.8) is 0 Å². The Morgan fingerprint density at radius 2 is 2.00 bits per heavy atom. The number of sulfonamides is 1. The lowest BCUT2D eigenvalue weighted by atomic mass is 10.1. The summed E-state index contributed by atoms with van der Waals surface area (Å²) in [5.74, 6) is 0.0783. The summed E-state index contributed by atoms with van der Waals surface area (Å²) >= 11 is 0. The van der Waals surface area contributed by atoms with Gasteiger partial charge in [0, 0.05) is 19.1 Å². The molecule has 1 N–H and O–H groups in total. The van der Waals surface area contributed by atoms with Crippen molar-refractivity contribution in [3.05, 3.63) is 17.8 Å². The molecular weight excluding hydrogens is 319 g/mol. The maximum atomic E-state index is 14.1. The number of hydrogen-bond donors (Lipinski definition) is 1. The molecule has 6 nitrogen and oxygen atoms in total. The minimum absolute atomic E-state index is 0.0228. The van der Waals surface area contributed by atoms with Crippen LogP contribution in [0.1, 0.15) is 39.3 Å². The van der Waals surface area contributed by atoms with Crippen molar-refractivity contribution in [2.45, 2.75) is 46.1 Å². The van der Waals surface area contributed by atoms with E-state index in [4.69, 9.17) is 0 Å². The largest absolute Gasteiger partial charge is 0.365 e. The predicted molar refractivity (Wildman–Crippen MR) is 88.2 cm³/mol. The fourth-order valence-electron chi connectivity index (χ4n) is 2.75. The van der Waals surface area contributed by atoms with Crippen LogP contribution in [0, 0.1) is 11.7 Å². The van der Waals surface area contributed by atoms with Gasteiger partial charge in [-0.3, -0.25) is 0 Å². The van der Waals surface area contributed by atoms with Crippen LogP contribution in [0.25, 0.3) is 0 Å². The smallest absolute Gasteiger partial charge is 0.214 e. The molecule has 130 valence electrons. The van der Waals surface area contributed by atoms with Crippen molar-refractivity contribution in [3.8, 4) is 0 Å². The third-order valence-corrected chi connectivity index (χ3v) is 6.17. The average Bonchev–Trinajstić information content (AvgIpc) is 2.49. The van der Waals surface area contributed by atoms with Crippen molar-refractivity contribution < 1.29 is 12.8 Å². The van der Waals surface area contributed by atoms with Crippen LogP contribution in [-0.4, -0.2) is 47.6 Å². The van der Waals surface area contributed by atoms with Gasteiger partial charge >= 0.3 is 0 Å². The quantitative estimate of drug-likeness (QED) is 0.855. The van der Waals surface area contributed by atoms with Gasteiger partial charge in [0.2, 0.25) is 10.0 Å². The normalized spacial score (nSPS) is 17.6. The van der Waals surface area contributed by atoms with Crippen LogP contribution in [0.15, 0.2) is 6.33 Å². The molecular formula is C15H25FN4O2S. The molecule has 0 radical (unpaired) electrons. The molecule has 1 aliphatic heterocycles. The van der Waals surface area contributed by atoms with E-state index in [9.17, 15) is 12.8 Å². The van der Waals surface area contributed by atoms with Gasteiger partial charge in [-0.25, -0.2) is 27.1 Å². The van der Waals surface area contributed by atoms with Gasteiger partial charge in [-0.2, -0.15) is 0 Å². The molecule has 2 heterocycles. The van der Waals surface area contributed by atoms with Crippen LogP contribution in [-0.2, 0) is 16.4 Å². The number of nitrogens with one attached hydrogen (secondary N) is 1. The minimum Gasteiger partial charge on any atom is -0.365 e. The molecule has 1 saturated heterocycles. The number of halogens is 1. The highest BCUT2D eigenvalue weighted by Gasteiger charge is 2.29. The zero-order valence-electron chi connectivity index (χ0n) is 13.9. The first kappa shape index (κ1) is 18.1. The molecule has 0 atom stereocenters. The summed E-state index contributed by atoms with van der Waals surface area (Å²) in [5, 5.41) is 3.09. The summed E-state index contributed by atoms with van der Waals surface area (Å²) in [5.41, 5.74) is 0.388. The molecule has 0 aromatic carbocycles. The number of hydrogen-bond acceptors (Lipinski definition) is 5. The third kappa shape index (κ3) is 4.60. The lowest BCUT2D eigenvalue weighted by molar-refractivity contribution is 0.327. The summed E-state index contributed by atoms with van der Waals surface area (Å²) in [4.78, 5) is 7.87. The van der Waals surface area contributed by atoms with Crippen LogP contribution >= 0.6 is 0 Å². The molecule has 2 rings (SSSR count). The molecule has 0 saturated carbocycles. The van der Waals surface area contributed by atoms with Crippen molar-refractivity contribution in [1.82, 2.24) is 14.3 Å². The molecule has 1 aromatic rings. The Balaban J connectivity index is 1.95. The summed E-state index contributed by atoms with van der Waals surface area (Å²) in [6, 6.07) is 0.0228. The second kappa shape index (κ2) is 7.53. The van der Waals surface area contributed by atoms with E-state index in [-0.39, 0.29) is 23.5 Å². The standard InChI is InChI=1S/C15H25FN4O2S/c1-4-13-14(16)15(18-10-17-13)19-12-5-7-20(8-6-12)23(21,22)9-11(2)3/h10-12H,4-9H2,1-3H3,(H,17,18,19). The number of nitrogens with zero attached hydrogens (tertiary/aromatic N) is 3. The Morgan fingerprint density at radius 1 is 1.35 bits per heavy atom. The number of rotatable bonds is 6. The Bertz CT molecular complexity index is 628. The van der Waals surface area contributed by atoms with Gasteiger partial charge in [-0.05, 0) is 25.2 Å². The number of piperidine rings is 1. The maximum Gasteiger partial charge on any atom is 0.214 e. The first-order valence-corrected chi connectivity index (χ1v) is 9.68. The summed E-state index contributed by atoms with van der Waals surface area (Å²) in [6.45, 7) is 6.55. The zero-order valence-corrected chi connectivity index (χ0v) is 14.7. The zero-order chi connectivity index (χ0) is 17.0. The van der Waals surface area contributed by atoms with E-state index >= 15 is 0 Å². The van der Waals surface area contributed by atoms with E-state index < -0.39 is 15.8 Å². The van der Waals surface area contributed by atoms with E-state index in [1.54, 1.807) is 4.31 Å². The third-order valence-electron chi connectivity index (χ3n) is 3.93. The Hall–Kier alpha value is -1.28.